The molecule has 0 saturated heterocycles. The third kappa shape index (κ3) is 3.64. The fraction of sp³-hybridized carbons (Fsp3) is 0.100. The molecule has 0 unspecified atom stereocenters. The monoisotopic (exact) mass is 353 g/mol. The van der Waals surface area contributed by atoms with Crippen LogP contribution in [0.2, 0.25) is 5.02 Å². The summed E-state index contributed by atoms with van der Waals surface area (Å²) in [5.74, 6) is 0.963. The lowest BCUT2D eigenvalue weighted by Crippen LogP contribution is -2.03. The minimum atomic E-state index is -0.129. The molecule has 0 spiro atoms. The quantitative estimate of drug-likeness (QED) is 0.626. The number of hydrogen-bond acceptors (Lipinski definition) is 4. The molecule has 3 rings (SSSR count). The Morgan fingerprint density at radius 3 is 2.16 bits per heavy atom. The minimum Gasteiger partial charge on any atom is -0.493 e. The van der Waals surface area contributed by atoms with Gasteiger partial charge in [-0.05, 0) is 42.5 Å². The van der Waals surface area contributed by atoms with Gasteiger partial charge in [-0.3, -0.25) is 9.78 Å². The maximum Gasteiger partial charge on any atom is 0.194 e. The third-order valence-corrected chi connectivity index (χ3v) is 4.06. The van der Waals surface area contributed by atoms with Crippen LogP contribution in [0.25, 0.3) is 11.3 Å². The van der Waals surface area contributed by atoms with Gasteiger partial charge in [-0.15, -0.1) is 0 Å². The molecule has 126 valence electrons. The molecule has 5 heteroatoms. The van der Waals surface area contributed by atoms with Crippen molar-refractivity contribution in [2.24, 2.45) is 0 Å². The van der Waals surface area contributed by atoms with E-state index in [1.165, 1.54) is 7.11 Å². The largest absolute Gasteiger partial charge is 0.493 e. The van der Waals surface area contributed by atoms with E-state index >= 15 is 0 Å². The van der Waals surface area contributed by atoms with E-state index in [0.717, 1.165) is 11.3 Å². The van der Waals surface area contributed by atoms with Crippen molar-refractivity contribution in [3.8, 4) is 22.8 Å². The van der Waals surface area contributed by atoms with E-state index in [1.54, 1.807) is 49.7 Å². The predicted octanol–water partition coefficient (Wildman–Crippen LogP) is 4.65. The van der Waals surface area contributed by atoms with Gasteiger partial charge in [0.15, 0.2) is 17.3 Å². The molecule has 0 radical (unpaired) electrons. The van der Waals surface area contributed by atoms with Crippen molar-refractivity contribution >= 4 is 17.4 Å². The van der Waals surface area contributed by atoms with Crippen LogP contribution in [0.3, 0.4) is 0 Å². The van der Waals surface area contributed by atoms with E-state index < -0.39 is 0 Å². The highest BCUT2D eigenvalue weighted by molar-refractivity contribution is 6.30. The van der Waals surface area contributed by atoms with Crippen molar-refractivity contribution in [3.63, 3.8) is 0 Å². The highest BCUT2D eigenvalue weighted by Crippen LogP contribution is 2.28. The van der Waals surface area contributed by atoms with Crippen LogP contribution >= 0.6 is 11.6 Å². The van der Waals surface area contributed by atoms with E-state index in [9.17, 15) is 4.79 Å². The molecule has 1 aromatic heterocycles. The van der Waals surface area contributed by atoms with Crippen LogP contribution in [0.15, 0.2) is 60.8 Å². The van der Waals surface area contributed by atoms with Gasteiger partial charge in [0.1, 0.15) is 0 Å². The zero-order chi connectivity index (χ0) is 17.8. The number of pyridine rings is 1. The third-order valence-electron chi connectivity index (χ3n) is 3.81. The molecule has 1 heterocycles. The van der Waals surface area contributed by atoms with Gasteiger partial charge >= 0.3 is 0 Å². The number of methoxy groups -OCH3 is 2. The van der Waals surface area contributed by atoms with Crippen molar-refractivity contribution in [2.45, 2.75) is 0 Å². The van der Waals surface area contributed by atoms with Gasteiger partial charge in [0, 0.05) is 27.9 Å². The number of carbonyl (C=O) groups excluding carboxylic acids is 1. The van der Waals surface area contributed by atoms with Gasteiger partial charge < -0.3 is 9.47 Å². The number of ether oxygens (including phenoxy) is 2. The highest BCUT2D eigenvalue weighted by Gasteiger charge is 2.13. The molecule has 0 aliphatic heterocycles. The lowest BCUT2D eigenvalue weighted by Gasteiger charge is -2.09. The Labute approximate surface area is 151 Å². The minimum absolute atomic E-state index is 0.129. The fourth-order valence-corrected chi connectivity index (χ4v) is 2.59. The summed E-state index contributed by atoms with van der Waals surface area (Å²) in [6, 6.07) is 16.0. The number of ketones is 1. The Hall–Kier alpha value is -2.85. The summed E-state index contributed by atoms with van der Waals surface area (Å²) in [6.45, 7) is 0. The van der Waals surface area contributed by atoms with Crippen LogP contribution in [0, 0.1) is 0 Å². The summed E-state index contributed by atoms with van der Waals surface area (Å²) in [5.41, 5.74) is 2.73. The summed E-state index contributed by atoms with van der Waals surface area (Å²) in [5, 5.41) is 0.670. The number of halogens is 1. The number of rotatable bonds is 5. The average molecular weight is 354 g/mol. The first-order chi connectivity index (χ1) is 12.1. The Morgan fingerprint density at radius 2 is 1.56 bits per heavy atom. The van der Waals surface area contributed by atoms with Crippen molar-refractivity contribution in [1.82, 2.24) is 4.98 Å². The van der Waals surface area contributed by atoms with Gasteiger partial charge in [-0.2, -0.15) is 0 Å². The summed E-state index contributed by atoms with van der Waals surface area (Å²) in [4.78, 5) is 17.0. The second-order valence-corrected chi connectivity index (χ2v) is 5.77. The Balaban J connectivity index is 1.87. The van der Waals surface area contributed by atoms with Crippen molar-refractivity contribution in [3.05, 3.63) is 76.9 Å². The number of hydrogen-bond donors (Lipinski definition) is 0. The molecule has 3 aromatic rings. The zero-order valence-corrected chi connectivity index (χ0v) is 14.6. The fourth-order valence-electron chi connectivity index (χ4n) is 2.46. The molecule has 0 saturated carbocycles. The Kier molecular flexibility index (Phi) is 5.00. The summed E-state index contributed by atoms with van der Waals surface area (Å²) in [7, 11) is 3.09. The molecule has 2 aromatic carbocycles. The topological polar surface area (TPSA) is 48.4 Å². The van der Waals surface area contributed by atoms with Gasteiger partial charge in [0.25, 0.3) is 0 Å². The summed E-state index contributed by atoms with van der Waals surface area (Å²) >= 11 is 5.90. The number of nitrogens with zero attached hydrogens (tertiary/aromatic N) is 1. The van der Waals surface area contributed by atoms with Crippen molar-refractivity contribution < 1.29 is 14.3 Å². The maximum atomic E-state index is 12.7. The van der Waals surface area contributed by atoms with Gasteiger partial charge in [-0.25, -0.2) is 0 Å². The summed E-state index contributed by atoms with van der Waals surface area (Å²) in [6.07, 6.45) is 1.57. The smallest absolute Gasteiger partial charge is 0.194 e. The Bertz CT molecular complexity index is 890. The molecular weight excluding hydrogens is 338 g/mol. The lowest BCUT2D eigenvalue weighted by molar-refractivity contribution is 0.103. The first kappa shape index (κ1) is 17.0. The lowest BCUT2D eigenvalue weighted by atomic mass is 10.0. The molecular formula is C20H16ClNO3. The predicted molar refractivity (Wildman–Crippen MR) is 97.7 cm³/mol. The van der Waals surface area contributed by atoms with E-state index in [2.05, 4.69) is 4.98 Å². The Morgan fingerprint density at radius 1 is 0.880 bits per heavy atom. The summed E-state index contributed by atoms with van der Waals surface area (Å²) < 4.78 is 10.4. The second kappa shape index (κ2) is 7.36. The standard InChI is InChI=1S/C20H16ClNO3/c1-24-18-10-6-14(11-19(18)25-2)20(23)15-5-9-17(22-12-15)13-3-7-16(21)8-4-13/h3-12H,1-2H3. The van der Waals surface area contributed by atoms with E-state index in [1.807, 2.05) is 18.2 Å². The molecule has 0 aliphatic carbocycles. The molecule has 0 aliphatic rings. The zero-order valence-electron chi connectivity index (χ0n) is 13.8. The van der Waals surface area contributed by atoms with Crippen LogP contribution in [0.1, 0.15) is 15.9 Å². The second-order valence-electron chi connectivity index (χ2n) is 5.34. The van der Waals surface area contributed by atoms with E-state index in [4.69, 9.17) is 21.1 Å². The van der Waals surface area contributed by atoms with Gasteiger partial charge in [0.05, 0.1) is 19.9 Å². The number of aromatic nitrogens is 1. The first-order valence-electron chi connectivity index (χ1n) is 7.61. The maximum absolute atomic E-state index is 12.7. The van der Waals surface area contributed by atoms with Gasteiger partial charge in [0.2, 0.25) is 0 Å². The molecule has 0 fully saturated rings. The van der Waals surface area contributed by atoms with Crippen molar-refractivity contribution in [2.75, 3.05) is 14.2 Å². The molecule has 4 nitrogen and oxygen atoms in total. The number of benzene rings is 2. The van der Waals surface area contributed by atoms with Crippen LogP contribution in [0.5, 0.6) is 11.5 Å². The van der Waals surface area contributed by atoms with Crippen LogP contribution in [-0.4, -0.2) is 25.0 Å². The van der Waals surface area contributed by atoms with E-state index in [-0.39, 0.29) is 5.78 Å². The first-order valence-corrected chi connectivity index (χ1v) is 7.99. The number of carbonyl (C=O) groups is 1. The molecule has 0 atom stereocenters. The molecule has 0 bridgehead atoms. The molecule has 0 N–H and O–H groups in total. The molecule has 0 amide bonds. The van der Waals surface area contributed by atoms with Gasteiger partial charge in [-0.1, -0.05) is 23.7 Å². The SMILES string of the molecule is COc1ccc(C(=O)c2ccc(-c3ccc(Cl)cc3)nc2)cc1OC. The highest BCUT2D eigenvalue weighted by atomic mass is 35.5. The normalized spacial score (nSPS) is 10.4. The molecule has 25 heavy (non-hydrogen) atoms. The van der Waals surface area contributed by atoms with Crippen molar-refractivity contribution in [1.29, 1.82) is 0 Å². The van der Waals surface area contributed by atoms with E-state index in [0.29, 0.717) is 27.6 Å². The average Bonchev–Trinajstić information content (AvgIpc) is 2.67. The van der Waals surface area contributed by atoms with Crippen LogP contribution in [-0.2, 0) is 0 Å². The van der Waals surface area contributed by atoms with Crippen LogP contribution < -0.4 is 9.47 Å². The van der Waals surface area contributed by atoms with Crippen LogP contribution in [0.4, 0.5) is 0 Å².